The van der Waals surface area contributed by atoms with E-state index >= 15 is 0 Å². The van der Waals surface area contributed by atoms with Crippen molar-refractivity contribution in [2.24, 2.45) is 5.84 Å². The summed E-state index contributed by atoms with van der Waals surface area (Å²) < 4.78 is 39.7. The monoisotopic (exact) mass is 296 g/mol. The number of pyridine rings is 1. The molecule has 0 spiro atoms. The molecule has 106 valence electrons. The summed E-state index contributed by atoms with van der Waals surface area (Å²) in [6.07, 6.45) is 1.16. The van der Waals surface area contributed by atoms with E-state index in [0.29, 0.717) is 11.4 Å². The number of hydrazine groups is 1. The lowest BCUT2D eigenvalue weighted by Gasteiger charge is -2.09. The Morgan fingerprint density at radius 1 is 1.25 bits per heavy atom. The fourth-order valence-corrected chi connectivity index (χ4v) is 2.62. The number of aromatic nitrogens is 1. The van der Waals surface area contributed by atoms with E-state index < -0.39 is 15.8 Å². The van der Waals surface area contributed by atoms with Gasteiger partial charge in [-0.15, -0.1) is 0 Å². The van der Waals surface area contributed by atoms with Crippen molar-refractivity contribution in [3.63, 3.8) is 0 Å². The molecule has 1 aromatic carbocycles. The lowest BCUT2D eigenvalue weighted by atomic mass is 10.2. The molecule has 0 atom stereocenters. The van der Waals surface area contributed by atoms with Gasteiger partial charge in [0.25, 0.3) is 10.0 Å². The summed E-state index contributed by atoms with van der Waals surface area (Å²) in [5.41, 5.74) is 3.06. The molecule has 0 unspecified atom stereocenters. The van der Waals surface area contributed by atoms with Crippen LogP contribution in [0.15, 0.2) is 41.4 Å². The predicted octanol–water partition coefficient (Wildman–Crippen LogP) is 1.62. The molecule has 4 N–H and O–H groups in total. The minimum atomic E-state index is -3.82. The number of hydrogen-bond acceptors (Lipinski definition) is 5. The first-order valence-electron chi connectivity index (χ1n) is 5.63. The van der Waals surface area contributed by atoms with Crippen molar-refractivity contribution in [3.05, 3.63) is 47.9 Å². The normalized spacial score (nSPS) is 11.2. The standard InChI is InChI=1S/C12H13FN4O2S/c1-8-4-9(13)6-10(5-8)17-20(18,19)11-2-3-12(16-14)15-7-11/h2-7,17H,14H2,1H3,(H,15,16). The summed E-state index contributed by atoms with van der Waals surface area (Å²) >= 11 is 0. The second kappa shape index (κ2) is 5.43. The van der Waals surface area contributed by atoms with E-state index in [4.69, 9.17) is 5.84 Å². The first-order chi connectivity index (χ1) is 9.40. The summed E-state index contributed by atoms with van der Waals surface area (Å²) in [5.74, 6) is 4.97. The molecule has 0 aliphatic rings. The molecule has 0 saturated heterocycles. The number of nitrogens with two attached hydrogens (primary N) is 1. The fraction of sp³-hybridized carbons (Fsp3) is 0.0833. The van der Waals surface area contributed by atoms with Crippen LogP contribution in [-0.2, 0) is 10.0 Å². The van der Waals surface area contributed by atoms with Crippen molar-refractivity contribution in [3.8, 4) is 0 Å². The lowest BCUT2D eigenvalue weighted by molar-refractivity contribution is 0.600. The van der Waals surface area contributed by atoms with E-state index in [1.54, 1.807) is 6.92 Å². The molecule has 6 nitrogen and oxygen atoms in total. The van der Waals surface area contributed by atoms with Crippen molar-refractivity contribution in [2.45, 2.75) is 11.8 Å². The average Bonchev–Trinajstić information content (AvgIpc) is 2.37. The molecule has 0 aliphatic carbocycles. The minimum Gasteiger partial charge on any atom is -0.308 e. The number of nitrogens with zero attached hydrogens (tertiary/aromatic N) is 1. The first kappa shape index (κ1) is 14.2. The third kappa shape index (κ3) is 3.22. The maximum atomic E-state index is 13.2. The number of anilines is 2. The largest absolute Gasteiger partial charge is 0.308 e. The van der Waals surface area contributed by atoms with Gasteiger partial charge in [-0.05, 0) is 42.8 Å². The molecule has 1 heterocycles. The highest BCUT2D eigenvalue weighted by Gasteiger charge is 2.15. The van der Waals surface area contributed by atoms with Gasteiger partial charge in [0.2, 0.25) is 0 Å². The van der Waals surface area contributed by atoms with Gasteiger partial charge >= 0.3 is 0 Å². The number of halogens is 1. The topological polar surface area (TPSA) is 97.1 Å². The first-order valence-corrected chi connectivity index (χ1v) is 7.12. The number of nitrogens with one attached hydrogen (secondary N) is 2. The van der Waals surface area contributed by atoms with Gasteiger partial charge in [0.05, 0.1) is 5.69 Å². The highest BCUT2D eigenvalue weighted by atomic mass is 32.2. The van der Waals surface area contributed by atoms with Crippen LogP contribution in [0.3, 0.4) is 0 Å². The molecule has 2 rings (SSSR count). The van der Waals surface area contributed by atoms with Gasteiger partial charge in [0.1, 0.15) is 16.5 Å². The third-order valence-electron chi connectivity index (χ3n) is 2.49. The van der Waals surface area contributed by atoms with Gasteiger partial charge in [-0.2, -0.15) is 0 Å². The van der Waals surface area contributed by atoms with Gasteiger partial charge in [0, 0.05) is 6.20 Å². The third-order valence-corrected chi connectivity index (χ3v) is 3.86. The van der Waals surface area contributed by atoms with E-state index in [9.17, 15) is 12.8 Å². The van der Waals surface area contributed by atoms with E-state index in [2.05, 4.69) is 15.1 Å². The zero-order chi connectivity index (χ0) is 14.8. The van der Waals surface area contributed by atoms with E-state index in [-0.39, 0.29) is 10.6 Å². The van der Waals surface area contributed by atoms with Gasteiger partial charge < -0.3 is 5.43 Å². The summed E-state index contributed by atoms with van der Waals surface area (Å²) in [6, 6.07) is 6.71. The number of aryl methyl sites for hydroxylation is 1. The summed E-state index contributed by atoms with van der Waals surface area (Å²) in [6.45, 7) is 1.67. The molecular formula is C12H13FN4O2S. The molecule has 0 aliphatic heterocycles. The molecule has 0 bridgehead atoms. The van der Waals surface area contributed by atoms with Crippen molar-refractivity contribution in [2.75, 3.05) is 10.1 Å². The molecule has 0 amide bonds. The Kier molecular flexibility index (Phi) is 3.86. The van der Waals surface area contributed by atoms with Crippen LogP contribution >= 0.6 is 0 Å². The van der Waals surface area contributed by atoms with E-state index in [1.165, 1.54) is 24.3 Å². The molecular weight excluding hydrogens is 283 g/mol. The molecule has 2 aromatic rings. The Morgan fingerprint density at radius 3 is 2.55 bits per heavy atom. The number of hydrogen-bond donors (Lipinski definition) is 3. The summed E-state index contributed by atoms with van der Waals surface area (Å²) in [4.78, 5) is 3.77. The van der Waals surface area contributed by atoms with Crippen molar-refractivity contribution in [1.82, 2.24) is 4.98 Å². The second-order valence-electron chi connectivity index (χ2n) is 4.15. The van der Waals surface area contributed by atoms with Crippen molar-refractivity contribution in [1.29, 1.82) is 0 Å². The molecule has 1 aromatic heterocycles. The SMILES string of the molecule is Cc1cc(F)cc(NS(=O)(=O)c2ccc(NN)nc2)c1. The molecule has 8 heteroatoms. The van der Waals surface area contributed by atoms with Gasteiger partial charge in [-0.25, -0.2) is 23.6 Å². The quantitative estimate of drug-likeness (QED) is 0.588. The highest BCUT2D eigenvalue weighted by Crippen LogP contribution is 2.18. The zero-order valence-electron chi connectivity index (χ0n) is 10.6. The second-order valence-corrected chi connectivity index (χ2v) is 5.83. The van der Waals surface area contributed by atoms with Crippen LogP contribution in [0.1, 0.15) is 5.56 Å². The van der Waals surface area contributed by atoms with Crippen molar-refractivity contribution < 1.29 is 12.8 Å². The maximum absolute atomic E-state index is 13.2. The van der Waals surface area contributed by atoms with Crippen LogP contribution in [0, 0.1) is 12.7 Å². The molecule has 0 radical (unpaired) electrons. The molecule has 20 heavy (non-hydrogen) atoms. The Balaban J connectivity index is 2.30. The smallest absolute Gasteiger partial charge is 0.263 e. The fourth-order valence-electron chi connectivity index (χ4n) is 1.63. The maximum Gasteiger partial charge on any atom is 0.263 e. The minimum absolute atomic E-state index is 0.0431. The van der Waals surface area contributed by atoms with Gasteiger partial charge in [-0.3, -0.25) is 4.72 Å². The van der Waals surface area contributed by atoms with Crippen LogP contribution < -0.4 is 16.0 Å². The Bertz CT molecular complexity index is 696. The van der Waals surface area contributed by atoms with E-state index in [1.807, 2.05) is 0 Å². The molecule has 0 fully saturated rings. The van der Waals surface area contributed by atoms with Crippen LogP contribution in [0.2, 0.25) is 0 Å². The van der Waals surface area contributed by atoms with Gasteiger partial charge in [-0.1, -0.05) is 0 Å². The zero-order valence-corrected chi connectivity index (χ0v) is 11.4. The average molecular weight is 296 g/mol. The Morgan fingerprint density at radius 2 is 2.00 bits per heavy atom. The predicted molar refractivity (Wildman–Crippen MR) is 74.0 cm³/mol. The van der Waals surface area contributed by atoms with Crippen LogP contribution in [0.25, 0.3) is 0 Å². The Hall–Kier alpha value is -2.19. The number of sulfonamides is 1. The van der Waals surface area contributed by atoms with E-state index in [0.717, 1.165) is 12.3 Å². The number of rotatable bonds is 4. The lowest BCUT2D eigenvalue weighted by Crippen LogP contribution is -2.14. The van der Waals surface area contributed by atoms with Crippen LogP contribution in [-0.4, -0.2) is 13.4 Å². The summed E-state index contributed by atoms with van der Waals surface area (Å²) in [5, 5.41) is 0. The van der Waals surface area contributed by atoms with Crippen LogP contribution in [0.4, 0.5) is 15.9 Å². The number of benzene rings is 1. The highest BCUT2D eigenvalue weighted by molar-refractivity contribution is 7.92. The summed E-state index contributed by atoms with van der Waals surface area (Å²) in [7, 11) is -3.82. The number of nitrogen functional groups attached to an aromatic ring is 1. The van der Waals surface area contributed by atoms with Gasteiger partial charge in [0.15, 0.2) is 0 Å². The van der Waals surface area contributed by atoms with Crippen LogP contribution in [0.5, 0.6) is 0 Å². The molecule has 0 saturated carbocycles. The van der Waals surface area contributed by atoms with Crippen molar-refractivity contribution >= 4 is 21.5 Å². The Labute approximate surface area is 115 Å².